The summed E-state index contributed by atoms with van der Waals surface area (Å²) in [4.78, 5) is 0. The number of nitrogens with one attached hydrogen (secondary N) is 1. The van der Waals surface area contributed by atoms with Crippen LogP contribution in [-0.2, 0) is 12.8 Å². The van der Waals surface area contributed by atoms with Crippen molar-refractivity contribution in [3.63, 3.8) is 0 Å². The van der Waals surface area contributed by atoms with Crippen LogP contribution in [0.15, 0.2) is 42.5 Å². The minimum atomic E-state index is -0.495. The monoisotopic (exact) mass is 291 g/mol. The maximum absolute atomic E-state index is 13.7. The van der Waals surface area contributed by atoms with Gasteiger partial charge in [-0.3, -0.25) is 0 Å². The molecule has 0 heterocycles. The van der Waals surface area contributed by atoms with Crippen LogP contribution < -0.4 is 10.1 Å². The molecule has 0 fully saturated rings. The van der Waals surface area contributed by atoms with Gasteiger partial charge in [0.25, 0.3) is 0 Å². The summed E-state index contributed by atoms with van der Waals surface area (Å²) in [5.74, 6) is -0.199. The van der Waals surface area contributed by atoms with E-state index in [1.807, 2.05) is 24.3 Å². The standard InChI is InChI=1S/C17H19F2NO/c1-20-13(10-12-6-8-14(21-2)9-7-12)11-15-16(18)4-3-5-17(15)19/h3-9,13,20H,10-11H2,1-2H3. The number of ether oxygens (including phenoxy) is 1. The van der Waals surface area contributed by atoms with Crippen LogP contribution in [0, 0.1) is 11.6 Å². The number of hydrogen-bond donors (Lipinski definition) is 1. The van der Waals surface area contributed by atoms with Crippen molar-refractivity contribution in [2.75, 3.05) is 14.2 Å². The van der Waals surface area contributed by atoms with E-state index in [-0.39, 0.29) is 11.6 Å². The summed E-state index contributed by atoms with van der Waals surface area (Å²) < 4.78 is 32.5. The van der Waals surface area contributed by atoms with Crippen molar-refractivity contribution in [2.24, 2.45) is 0 Å². The summed E-state index contributed by atoms with van der Waals surface area (Å²) in [6, 6.07) is 11.6. The molecule has 0 saturated carbocycles. The van der Waals surface area contributed by atoms with Gasteiger partial charge in [-0.05, 0) is 49.7 Å². The highest BCUT2D eigenvalue weighted by Gasteiger charge is 2.15. The molecule has 2 rings (SSSR count). The fourth-order valence-corrected chi connectivity index (χ4v) is 2.30. The maximum atomic E-state index is 13.7. The van der Waals surface area contributed by atoms with Crippen LogP contribution in [0.2, 0.25) is 0 Å². The van der Waals surface area contributed by atoms with Gasteiger partial charge in [0.2, 0.25) is 0 Å². The summed E-state index contributed by atoms with van der Waals surface area (Å²) in [6.07, 6.45) is 0.995. The van der Waals surface area contributed by atoms with Gasteiger partial charge in [-0.1, -0.05) is 18.2 Å². The van der Waals surface area contributed by atoms with Crippen molar-refractivity contribution in [3.8, 4) is 5.75 Å². The summed E-state index contributed by atoms with van der Waals surface area (Å²) >= 11 is 0. The lowest BCUT2D eigenvalue weighted by Crippen LogP contribution is -2.30. The summed E-state index contributed by atoms with van der Waals surface area (Å²) in [6.45, 7) is 0. The van der Waals surface area contributed by atoms with Gasteiger partial charge >= 0.3 is 0 Å². The van der Waals surface area contributed by atoms with Crippen LogP contribution in [0.1, 0.15) is 11.1 Å². The molecular formula is C17H19F2NO. The predicted octanol–water partition coefficient (Wildman–Crippen LogP) is 3.35. The first-order chi connectivity index (χ1) is 10.1. The number of hydrogen-bond acceptors (Lipinski definition) is 2. The third-order valence-electron chi connectivity index (χ3n) is 3.56. The van der Waals surface area contributed by atoms with Gasteiger partial charge < -0.3 is 10.1 Å². The van der Waals surface area contributed by atoms with Crippen LogP contribution in [0.5, 0.6) is 5.75 Å². The van der Waals surface area contributed by atoms with E-state index in [1.165, 1.54) is 18.2 Å². The highest BCUT2D eigenvalue weighted by atomic mass is 19.1. The van der Waals surface area contributed by atoms with Gasteiger partial charge in [-0.25, -0.2) is 8.78 Å². The molecule has 0 aliphatic heterocycles. The molecule has 112 valence electrons. The molecule has 0 bridgehead atoms. The van der Waals surface area contributed by atoms with Gasteiger partial charge in [-0.2, -0.15) is 0 Å². The Labute approximate surface area is 123 Å². The first kappa shape index (κ1) is 15.4. The molecule has 1 N–H and O–H groups in total. The Hall–Kier alpha value is -1.94. The number of halogens is 2. The van der Waals surface area contributed by atoms with E-state index in [1.54, 1.807) is 14.2 Å². The van der Waals surface area contributed by atoms with E-state index in [2.05, 4.69) is 5.32 Å². The highest BCUT2D eigenvalue weighted by molar-refractivity contribution is 5.28. The van der Waals surface area contributed by atoms with Crippen LogP contribution in [0.4, 0.5) is 8.78 Å². The van der Waals surface area contributed by atoms with Crippen LogP contribution in [0.25, 0.3) is 0 Å². The molecule has 0 aromatic heterocycles. The van der Waals surface area contributed by atoms with E-state index >= 15 is 0 Å². The zero-order valence-corrected chi connectivity index (χ0v) is 12.2. The van der Waals surface area contributed by atoms with Crippen molar-refractivity contribution < 1.29 is 13.5 Å². The SMILES string of the molecule is CNC(Cc1ccc(OC)cc1)Cc1c(F)cccc1F. The topological polar surface area (TPSA) is 21.3 Å². The second-order valence-electron chi connectivity index (χ2n) is 4.94. The Morgan fingerprint density at radius 2 is 1.62 bits per heavy atom. The lowest BCUT2D eigenvalue weighted by Gasteiger charge is -2.17. The number of likely N-dealkylation sites (N-methyl/N-ethyl adjacent to an activating group) is 1. The van der Waals surface area contributed by atoms with Crippen LogP contribution in [-0.4, -0.2) is 20.2 Å². The highest BCUT2D eigenvalue weighted by Crippen LogP contribution is 2.17. The van der Waals surface area contributed by atoms with E-state index in [4.69, 9.17) is 4.74 Å². The fourth-order valence-electron chi connectivity index (χ4n) is 2.30. The van der Waals surface area contributed by atoms with Gasteiger partial charge in [0, 0.05) is 11.6 Å². The van der Waals surface area contributed by atoms with Crippen molar-refractivity contribution >= 4 is 0 Å². The molecule has 2 aromatic carbocycles. The maximum Gasteiger partial charge on any atom is 0.129 e. The van der Waals surface area contributed by atoms with Gasteiger partial charge in [0.05, 0.1) is 7.11 Å². The molecule has 0 radical (unpaired) electrons. The molecular weight excluding hydrogens is 272 g/mol. The van der Waals surface area contributed by atoms with Crippen molar-refractivity contribution in [1.29, 1.82) is 0 Å². The quantitative estimate of drug-likeness (QED) is 0.881. The largest absolute Gasteiger partial charge is 0.497 e. The average molecular weight is 291 g/mol. The fraction of sp³-hybridized carbons (Fsp3) is 0.294. The third-order valence-corrected chi connectivity index (χ3v) is 3.56. The Bertz CT molecular complexity index is 564. The van der Waals surface area contributed by atoms with E-state index in [9.17, 15) is 8.78 Å². The molecule has 1 atom stereocenters. The Morgan fingerprint density at radius 1 is 1.00 bits per heavy atom. The Kier molecular flexibility index (Phi) is 5.28. The van der Waals surface area contributed by atoms with Crippen molar-refractivity contribution in [1.82, 2.24) is 5.32 Å². The molecule has 21 heavy (non-hydrogen) atoms. The molecule has 1 unspecified atom stereocenters. The molecule has 0 aliphatic rings. The number of benzene rings is 2. The third kappa shape index (κ3) is 4.02. The van der Waals surface area contributed by atoms with E-state index in [0.29, 0.717) is 12.8 Å². The smallest absolute Gasteiger partial charge is 0.129 e. The van der Waals surface area contributed by atoms with Crippen molar-refractivity contribution in [2.45, 2.75) is 18.9 Å². The Morgan fingerprint density at radius 3 is 2.14 bits per heavy atom. The zero-order valence-electron chi connectivity index (χ0n) is 12.2. The molecule has 2 aromatic rings. The normalized spacial score (nSPS) is 12.2. The summed E-state index contributed by atoms with van der Waals surface area (Å²) in [5.41, 5.74) is 1.22. The van der Waals surface area contributed by atoms with Crippen LogP contribution in [0.3, 0.4) is 0 Å². The van der Waals surface area contributed by atoms with Crippen molar-refractivity contribution in [3.05, 3.63) is 65.2 Å². The lowest BCUT2D eigenvalue weighted by molar-refractivity contribution is 0.414. The predicted molar refractivity (Wildman–Crippen MR) is 79.6 cm³/mol. The lowest BCUT2D eigenvalue weighted by atomic mass is 9.98. The Balaban J connectivity index is 2.09. The van der Waals surface area contributed by atoms with Gasteiger partial charge in [0.15, 0.2) is 0 Å². The average Bonchev–Trinajstić information content (AvgIpc) is 2.50. The van der Waals surface area contributed by atoms with Gasteiger partial charge in [-0.15, -0.1) is 0 Å². The first-order valence-corrected chi connectivity index (χ1v) is 6.87. The molecule has 0 amide bonds. The summed E-state index contributed by atoms with van der Waals surface area (Å²) in [5, 5.41) is 3.12. The number of rotatable bonds is 6. The minimum Gasteiger partial charge on any atom is -0.497 e. The molecule has 4 heteroatoms. The minimum absolute atomic E-state index is 0.0372. The number of methoxy groups -OCH3 is 1. The summed E-state index contributed by atoms with van der Waals surface area (Å²) in [7, 11) is 3.42. The molecule has 0 saturated heterocycles. The molecule has 0 spiro atoms. The van der Waals surface area contributed by atoms with Crippen LogP contribution >= 0.6 is 0 Å². The molecule has 2 nitrogen and oxygen atoms in total. The second kappa shape index (κ2) is 7.18. The zero-order chi connectivity index (χ0) is 15.2. The van der Waals surface area contributed by atoms with E-state index in [0.717, 1.165) is 11.3 Å². The van der Waals surface area contributed by atoms with E-state index < -0.39 is 11.6 Å². The van der Waals surface area contributed by atoms with Gasteiger partial charge in [0.1, 0.15) is 17.4 Å². The second-order valence-corrected chi connectivity index (χ2v) is 4.94. The molecule has 0 aliphatic carbocycles. The first-order valence-electron chi connectivity index (χ1n) is 6.87.